The first kappa shape index (κ1) is 18.6. The summed E-state index contributed by atoms with van der Waals surface area (Å²) in [6.07, 6.45) is -3.07. The molecule has 1 saturated heterocycles. The van der Waals surface area contributed by atoms with Crippen molar-refractivity contribution in [2.24, 2.45) is 11.0 Å². The highest BCUT2D eigenvalue weighted by Crippen LogP contribution is 2.29. The molecular weight excluding hydrogens is 359 g/mol. The fourth-order valence-corrected chi connectivity index (χ4v) is 2.76. The number of benzene rings is 2. The maximum absolute atomic E-state index is 12.5. The lowest BCUT2D eigenvalue weighted by atomic mass is 10.1. The van der Waals surface area contributed by atoms with Crippen LogP contribution in [0.25, 0.3) is 0 Å². The molecule has 0 aliphatic carbocycles. The van der Waals surface area contributed by atoms with Crippen LogP contribution in [0.4, 0.5) is 18.9 Å². The molecule has 0 saturated carbocycles. The maximum Gasteiger partial charge on any atom is 0.416 e. The van der Waals surface area contributed by atoms with Gasteiger partial charge in [0.2, 0.25) is 11.8 Å². The Balaban J connectivity index is 1.57. The molecule has 1 N–H and O–H groups in total. The number of carbonyl (C=O) groups excluding carboxylic acids is 2. The third-order valence-corrected chi connectivity index (χ3v) is 4.19. The van der Waals surface area contributed by atoms with Gasteiger partial charge in [-0.05, 0) is 29.8 Å². The Morgan fingerprint density at radius 2 is 1.78 bits per heavy atom. The van der Waals surface area contributed by atoms with E-state index >= 15 is 0 Å². The van der Waals surface area contributed by atoms with Crippen LogP contribution in [-0.4, -0.2) is 24.6 Å². The molecule has 1 heterocycles. The minimum atomic E-state index is -4.40. The normalized spacial score (nSPS) is 17.5. The molecule has 2 amide bonds. The summed E-state index contributed by atoms with van der Waals surface area (Å²) in [5.41, 5.74) is 2.73. The van der Waals surface area contributed by atoms with E-state index in [0.29, 0.717) is 5.56 Å². The van der Waals surface area contributed by atoms with Gasteiger partial charge in [-0.1, -0.05) is 30.3 Å². The molecule has 1 aliphatic rings. The summed E-state index contributed by atoms with van der Waals surface area (Å²) in [5, 5.41) is 3.77. The number of rotatable bonds is 4. The van der Waals surface area contributed by atoms with Crippen LogP contribution in [0.15, 0.2) is 59.7 Å². The fraction of sp³-hybridized carbons (Fsp3) is 0.211. The highest BCUT2D eigenvalue weighted by atomic mass is 19.4. The Hall–Kier alpha value is -3.16. The minimum Gasteiger partial charge on any atom is -0.312 e. The number of para-hydroxylation sites is 1. The predicted octanol–water partition coefficient (Wildman–Crippen LogP) is 3.21. The van der Waals surface area contributed by atoms with Gasteiger partial charge in [-0.2, -0.15) is 18.3 Å². The van der Waals surface area contributed by atoms with Crippen molar-refractivity contribution in [2.45, 2.75) is 12.6 Å². The Kier molecular flexibility index (Phi) is 5.25. The molecule has 1 fully saturated rings. The number of nitrogens with zero attached hydrogens (tertiary/aromatic N) is 2. The van der Waals surface area contributed by atoms with E-state index in [4.69, 9.17) is 0 Å². The zero-order chi connectivity index (χ0) is 19.4. The van der Waals surface area contributed by atoms with Crippen molar-refractivity contribution in [3.05, 3.63) is 65.7 Å². The molecule has 0 radical (unpaired) electrons. The largest absolute Gasteiger partial charge is 0.416 e. The van der Waals surface area contributed by atoms with E-state index in [1.54, 1.807) is 17.0 Å². The van der Waals surface area contributed by atoms with Gasteiger partial charge >= 0.3 is 6.18 Å². The molecule has 3 rings (SSSR count). The van der Waals surface area contributed by atoms with Crippen LogP contribution in [0, 0.1) is 5.92 Å². The van der Waals surface area contributed by atoms with Gasteiger partial charge in [-0.25, -0.2) is 5.43 Å². The smallest absolute Gasteiger partial charge is 0.312 e. The van der Waals surface area contributed by atoms with Crippen LogP contribution in [0.2, 0.25) is 0 Å². The monoisotopic (exact) mass is 375 g/mol. The first-order chi connectivity index (χ1) is 12.8. The van der Waals surface area contributed by atoms with E-state index in [2.05, 4.69) is 10.5 Å². The summed E-state index contributed by atoms with van der Waals surface area (Å²) in [6.45, 7) is 0.254. The van der Waals surface area contributed by atoms with Crippen molar-refractivity contribution < 1.29 is 22.8 Å². The van der Waals surface area contributed by atoms with Crippen molar-refractivity contribution in [2.75, 3.05) is 11.4 Å². The van der Waals surface area contributed by atoms with Crippen LogP contribution < -0.4 is 10.3 Å². The number of anilines is 1. The van der Waals surface area contributed by atoms with Gasteiger partial charge in [-0.3, -0.25) is 9.59 Å². The van der Waals surface area contributed by atoms with Crippen LogP contribution in [0.3, 0.4) is 0 Å². The number of alkyl halides is 3. The standard InChI is InChI=1S/C19H16F3N3O2/c20-19(21,22)15-8-6-13(7-9-15)11-23-24-18(27)14-10-17(26)25(12-14)16-4-2-1-3-5-16/h1-9,11,14H,10,12H2,(H,24,27)/t14-/m0/s1. The molecule has 1 atom stereocenters. The molecule has 2 aromatic rings. The Morgan fingerprint density at radius 1 is 1.11 bits per heavy atom. The van der Waals surface area contributed by atoms with Gasteiger partial charge in [0.05, 0.1) is 17.7 Å². The summed E-state index contributed by atoms with van der Waals surface area (Å²) in [6, 6.07) is 13.4. The summed E-state index contributed by atoms with van der Waals surface area (Å²) in [4.78, 5) is 25.8. The third-order valence-electron chi connectivity index (χ3n) is 4.19. The second kappa shape index (κ2) is 7.61. The summed E-state index contributed by atoms with van der Waals surface area (Å²) >= 11 is 0. The van der Waals surface area contributed by atoms with Crippen molar-refractivity contribution in [1.29, 1.82) is 0 Å². The van der Waals surface area contributed by atoms with Gasteiger partial charge in [0.15, 0.2) is 0 Å². The van der Waals surface area contributed by atoms with Crippen molar-refractivity contribution in [3.8, 4) is 0 Å². The van der Waals surface area contributed by atoms with E-state index in [-0.39, 0.29) is 18.9 Å². The summed E-state index contributed by atoms with van der Waals surface area (Å²) in [7, 11) is 0. The van der Waals surface area contributed by atoms with Gasteiger partial charge in [0.25, 0.3) is 0 Å². The lowest BCUT2D eigenvalue weighted by Gasteiger charge is -2.16. The average Bonchev–Trinajstić information content (AvgIpc) is 3.04. The molecule has 1 aliphatic heterocycles. The van der Waals surface area contributed by atoms with Gasteiger partial charge in [0.1, 0.15) is 0 Å². The molecule has 27 heavy (non-hydrogen) atoms. The van der Waals surface area contributed by atoms with Crippen LogP contribution in [0.1, 0.15) is 17.5 Å². The molecule has 0 bridgehead atoms. The van der Waals surface area contributed by atoms with Crippen LogP contribution in [-0.2, 0) is 15.8 Å². The molecule has 5 nitrogen and oxygen atoms in total. The molecule has 140 valence electrons. The lowest BCUT2D eigenvalue weighted by Crippen LogP contribution is -2.30. The van der Waals surface area contributed by atoms with E-state index < -0.39 is 23.6 Å². The second-order valence-corrected chi connectivity index (χ2v) is 6.09. The fourth-order valence-electron chi connectivity index (χ4n) is 2.76. The van der Waals surface area contributed by atoms with Crippen LogP contribution >= 0.6 is 0 Å². The van der Waals surface area contributed by atoms with Gasteiger partial charge in [0, 0.05) is 18.7 Å². The highest BCUT2D eigenvalue weighted by molar-refractivity contribution is 6.00. The number of carbonyl (C=O) groups is 2. The highest BCUT2D eigenvalue weighted by Gasteiger charge is 2.35. The SMILES string of the molecule is O=C(NN=Cc1ccc(C(F)(F)F)cc1)[C@H]1CC(=O)N(c2ccccc2)C1. The average molecular weight is 375 g/mol. The molecule has 2 aromatic carbocycles. The molecule has 0 spiro atoms. The molecule has 8 heteroatoms. The van der Waals surface area contributed by atoms with Crippen molar-refractivity contribution >= 4 is 23.7 Å². The first-order valence-electron chi connectivity index (χ1n) is 8.20. The van der Waals surface area contributed by atoms with Gasteiger partial charge < -0.3 is 4.90 Å². The molecular formula is C19H16F3N3O2. The second-order valence-electron chi connectivity index (χ2n) is 6.09. The topological polar surface area (TPSA) is 61.8 Å². The number of halogens is 3. The van der Waals surface area contributed by atoms with E-state index in [1.807, 2.05) is 18.2 Å². The Labute approximate surface area is 153 Å². The van der Waals surface area contributed by atoms with E-state index in [9.17, 15) is 22.8 Å². The minimum absolute atomic E-state index is 0.0799. The number of hydrogen-bond acceptors (Lipinski definition) is 3. The number of amides is 2. The summed E-state index contributed by atoms with van der Waals surface area (Å²) in [5.74, 6) is -1.10. The van der Waals surface area contributed by atoms with Crippen molar-refractivity contribution in [3.63, 3.8) is 0 Å². The van der Waals surface area contributed by atoms with Crippen molar-refractivity contribution in [1.82, 2.24) is 5.43 Å². The summed E-state index contributed by atoms with van der Waals surface area (Å²) < 4.78 is 37.5. The molecule has 0 aromatic heterocycles. The van der Waals surface area contributed by atoms with Gasteiger partial charge in [-0.15, -0.1) is 0 Å². The number of hydrazone groups is 1. The maximum atomic E-state index is 12.5. The van der Waals surface area contributed by atoms with E-state index in [1.165, 1.54) is 18.3 Å². The number of hydrogen-bond donors (Lipinski definition) is 1. The zero-order valence-corrected chi connectivity index (χ0v) is 14.1. The van der Waals surface area contributed by atoms with E-state index in [0.717, 1.165) is 17.8 Å². The zero-order valence-electron chi connectivity index (χ0n) is 14.1. The third kappa shape index (κ3) is 4.52. The molecule has 0 unspecified atom stereocenters. The lowest BCUT2D eigenvalue weighted by molar-refractivity contribution is -0.137. The Bertz CT molecular complexity index is 849. The first-order valence-corrected chi connectivity index (χ1v) is 8.20. The predicted molar refractivity (Wildman–Crippen MR) is 94.1 cm³/mol. The van der Waals surface area contributed by atoms with Crippen LogP contribution in [0.5, 0.6) is 0 Å². The Morgan fingerprint density at radius 3 is 2.41 bits per heavy atom. The quantitative estimate of drug-likeness (QED) is 0.659. The number of nitrogens with one attached hydrogen (secondary N) is 1.